The van der Waals surface area contributed by atoms with E-state index in [1.165, 1.54) is 0 Å². The molecule has 1 N–H and O–H groups in total. The molecule has 1 aliphatic heterocycles. The van der Waals surface area contributed by atoms with Crippen LogP contribution >= 0.6 is 11.6 Å². The lowest BCUT2D eigenvalue weighted by Gasteiger charge is -2.21. The molecule has 0 spiro atoms. The highest BCUT2D eigenvalue weighted by Gasteiger charge is 2.33. The summed E-state index contributed by atoms with van der Waals surface area (Å²) in [5, 5.41) is 17.5. The van der Waals surface area contributed by atoms with E-state index in [2.05, 4.69) is 21.5 Å². The number of anilines is 1. The zero-order chi connectivity index (χ0) is 16.6. The van der Waals surface area contributed by atoms with E-state index in [1.807, 2.05) is 31.8 Å². The highest BCUT2D eigenvalue weighted by Crippen LogP contribution is 2.34. The fraction of sp³-hybridized carbons (Fsp3) is 0.438. The highest BCUT2D eigenvalue weighted by molar-refractivity contribution is 6.31. The maximum atomic E-state index is 9.39. The molecule has 6 nitrogen and oxygen atoms in total. The number of nitrogens with one attached hydrogen (secondary N) is 1. The van der Waals surface area contributed by atoms with Gasteiger partial charge in [0.05, 0.1) is 22.8 Å². The molecule has 0 aliphatic carbocycles. The second-order valence-electron chi connectivity index (χ2n) is 5.71. The van der Waals surface area contributed by atoms with Gasteiger partial charge in [0.2, 0.25) is 0 Å². The predicted molar refractivity (Wildman–Crippen MR) is 87.4 cm³/mol. The summed E-state index contributed by atoms with van der Waals surface area (Å²) in [5.74, 6) is 0.552. The molecular weight excluding hydrogens is 314 g/mol. The van der Waals surface area contributed by atoms with Gasteiger partial charge in [0, 0.05) is 31.1 Å². The summed E-state index contributed by atoms with van der Waals surface area (Å²) in [6.07, 6.45) is 4.15. The van der Waals surface area contributed by atoms with E-state index in [-0.39, 0.29) is 12.1 Å². The van der Waals surface area contributed by atoms with Crippen molar-refractivity contribution in [1.82, 2.24) is 14.8 Å². The van der Waals surface area contributed by atoms with E-state index in [9.17, 15) is 5.26 Å². The smallest absolute Gasteiger partial charge is 0.144 e. The van der Waals surface area contributed by atoms with Crippen LogP contribution in [0.2, 0.25) is 5.02 Å². The molecule has 2 aromatic rings. The molecule has 0 saturated carbocycles. The quantitative estimate of drug-likeness (QED) is 0.935. The molecule has 3 heterocycles. The summed E-state index contributed by atoms with van der Waals surface area (Å²) < 4.78 is 7.73. The lowest BCUT2D eigenvalue weighted by atomic mass is 10.0. The van der Waals surface area contributed by atoms with E-state index < -0.39 is 0 Å². The van der Waals surface area contributed by atoms with Crippen molar-refractivity contribution in [2.75, 3.05) is 11.9 Å². The van der Waals surface area contributed by atoms with Crippen LogP contribution in [0, 0.1) is 25.2 Å². The molecule has 0 amide bonds. The molecule has 0 unspecified atom stereocenters. The van der Waals surface area contributed by atoms with E-state index in [1.54, 1.807) is 6.20 Å². The maximum Gasteiger partial charge on any atom is 0.144 e. The molecule has 1 fully saturated rings. The van der Waals surface area contributed by atoms with Gasteiger partial charge in [-0.3, -0.25) is 4.68 Å². The highest BCUT2D eigenvalue weighted by atomic mass is 35.5. The summed E-state index contributed by atoms with van der Waals surface area (Å²) in [7, 11) is 1.91. The monoisotopic (exact) mass is 331 g/mol. The van der Waals surface area contributed by atoms with Crippen molar-refractivity contribution in [2.24, 2.45) is 7.05 Å². The van der Waals surface area contributed by atoms with Crippen LogP contribution in [0.4, 0.5) is 5.82 Å². The summed E-state index contributed by atoms with van der Waals surface area (Å²) in [4.78, 5) is 4.29. The number of ether oxygens (including phenoxy) is 1. The molecule has 0 aromatic carbocycles. The van der Waals surface area contributed by atoms with Gasteiger partial charge in [-0.15, -0.1) is 0 Å². The first-order valence-electron chi connectivity index (χ1n) is 7.44. The second-order valence-corrected chi connectivity index (χ2v) is 6.11. The van der Waals surface area contributed by atoms with Gasteiger partial charge in [-0.05, 0) is 25.8 Å². The largest absolute Gasteiger partial charge is 0.371 e. The molecule has 120 valence electrons. The summed E-state index contributed by atoms with van der Waals surface area (Å²) in [5.41, 5.74) is 3.35. The van der Waals surface area contributed by atoms with E-state index in [0.29, 0.717) is 23.0 Å². The molecule has 2 aromatic heterocycles. The van der Waals surface area contributed by atoms with E-state index in [4.69, 9.17) is 16.3 Å². The lowest BCUT2D eigenvalue weighted by molar-refractivity contribution is 0.107. The summed E-state index contributed by atoms with van der Waals surface area (Å²) in [6, 6.07) is 2.22. The second kappa shape index (κ2) is 6.19. The molecule has 2 atom stereocenters. The summed E-state index contributed by atoms with van der Waals surface area (Å²) in [6.45, 7) is 4.50. The van der Waals surface area contributed by atoms with Gasteiger partial charge in [0.1, 0.15) is 18.0 Å². The minimum Gasteiger partial charge on any atom is -0.371 e. The van der Waals surface area contributed by atoms with Crippen molar-refractivity contribution in [2.45, 2.75) is 32.4 Å². The normalized spacial score (nSPS) is 20.5. The Hall–Kier alpha value is -2.10. The van der Waals surface area contributed by atoms with Crippen LogP contribution in [0.25, 0.3) is 0 Å². The Morgan fingerprint density at radius 1 is 1.43 bits per heavy atom. The van der Waals surface area contributed by atoms with Crippen LogP contribution in [-0.4, -0.2) is 27.4 Å². The van der Waals surface area contributed by atoms with Gasteiger partial charge in [0.25, 0.3) is 0 Å². The molecule has 0 bridgehead atoms. The van der Waals surface area contributed by atoms with Crippen LogP contribution in [0.5, 0.6) is 0 Å². The van der Waals surface area contributed by atoms with Gasteiger partial charge in [-0.2, -0.15) is 10.4 Å². The van der Waals surface area contributed by atoms with Crippen molar-refractivity contribution in [3.05, 3.63) is 39.8 Å². The first kappa shape index (κ1) is 15.8. The molecular formula is C16H18ClN5O. The van der Waals surface area contributed by atoms with Crippen molar-refractivity contribution in [3.63, 3.8) is 0 Å². The van der Waals surface area contributed by atoms with Gasteiger partial charge in [-0.25, -0.2) is 4.98 Å². The lowest BCUT2D eigenvalue weighted by Crippen LogP contribution is -2.25. The standard InChI is InChI=1S/C16H18ClN5O/c1-9-11(6-18)16(19-8-13(9)17)21-14-4-5-23-15(14)12-7-20-22(3)10(12)2/h7-8,14-15H,4-5H2,1-3H3,(H,19,21)/t14-,15+/m0/s1. The van der Waals surface area contributed by atoms with Gasteiger partial charge < -0.3 is 10.1 Å². The van der Waals surface area contributed by atoms with Crippen molar-refractivity contribution in [1.29, 1.82) is 5.26 Å². The van der Waals surface area contributed by atoms with Crippen LogP contribution in [-0.2, 0) is 11.8 Å². The van der Waals surface area contributed by atoms with Gasteiger partial charge >= 0.3 is 0 Å². The molecule has 7 heteroatoms. The van der Waals surface area contributed by atoms with Crippen LogP contribution in [0.15, 0.2) is 12.4 Å². The maximum absolute atomic E-state index is 9.39. The number of hydrogen-bond donors (Lipinski definition) is 1. The average Bonchev–Trinajstić information content (AvgIpc) is 3.11. The zero-order valence-corrected chi connectivity index (χ0v) is 14.1. The van der Waals surface area contributed by atoms with E-state index in [0.717, 1.165) is 23.2 Å². The zero-order valence-electron chi connectivity index (χ0n) is 13.3. The Morgan fingerprint density at radius 2 is 2.22 bits per heavy atom. The van der Waals surface area contributed by atoms with E-state index >= 15 is 0 Å². The average molecular weight is 332 g/mol. The number of nitriles is 1. The third-order valence-corrected chi connectivity index (χ3v) is 4.76. The Balaban J connectivity index is 1.90. The number of pyridine rings is 1. The van der Waals surface area contributed by atoms with Gasteiger partial charge in [-0.1, -0.05) is 11.6 Å². The van der Waals surface area contributed by atoms with Crippen LogP contribution in [0.3, 0.4) is 0 Å². The fourth-order valence-electron chi connectivity index (χ4n) is 2.84. The van der Waals surface area contributed by atoms with Crippen molar-refractivity contribution >= 4 is 17.4 Å². The van der Waals surface area contributed by atoms with Crippen molar-refractivity contribution in [3.8, 4) is 6.07 Å². The number of aromatic nitrogens is 3. The number of rotatable bonds is 3. The Morgan fingerprint density at radius 3 is 2.87 bits per heavy atom. The van der Waals surface area contributed by atoms with Gasteiger partial charge in [0.15, 0.2) is 0 Å². The number of hydrogen-bond acceptors (Lipinski definition) is 5. The minimum absolute atomic E-state index is 0.0399. The first-order chi connectivity index (χ1) is 11.0. The molecule has 3 rings (SSSR count). The number of nitrogens with zero attached hydrogens (tertiary/aromatic N) is 4. The Kier molecular flexibility index (Phi) is 4.24. The predicted octanol–water partition coefficient (Wildman–Crippen LogP) is 2.90. The number of aryl methyl sites for hydroxylation is 1. The third-order valence-electron chi connectivity index (χ3n) is 4.38. The fourth-order valence-corrected chi connectivity index (χ4v) is 2.98. The Bertz CT molecular complexity index is 780. The molecule has 23 heavy (non-hydrogen) atoms. The number of halogens is 1. The van der Waals surface area contributed by atoms with Crippen LogP contribution in [0.1, 0.15) is 34.9 Å². The summed E-state index contributed by atoms with van der Waals surface area (Å²) >= 11 is 6.05. The molecule has 0 radical (unpaired) electrons. The first-order valence-corrected chi connectivity index (χ1v) is 7.82. The topological polar surface area (TPSA) is 75.8 Å². The Labute approximate surface area is 140 Å². The van der Waals surface area contributed by atoms with Crippen LogP contribution < -0.4 is 5.32 Å². The SMILES string of the molecule is Cc1c(Cl)cnc(N[C@H]2CCO[C@@H]2c2cnn(C)c2C)c1C#N. The minimum atomic E-state index is -0.104. The molecule has 1 aliphatic rings. The third kappa shape index (κ3) is 2.78. The van der Waals surface area contributed by atoms with Crippen molar-refractivity contribution < 1.29 is 4.74 Å². The molecule has 1 saturated heterocycles.